The summed E-state index contributed by atoms with van der Waals surface area (Å²) in [5.41, 5.74) is -2.03. The molecule has 0 amide bonds. The van der Waals surface area contributed by atoms with Crippen LogP contribution in [0.4, 0.5) is 0 Å². The Bertz CT molecular complexity index is 790. The standard InChI is InChI=1S/C27H45NO5/c1-14-4-5-23-26(3,32)24-16(13-28(23)12-14)17-9-18-19(27(17,33)11-22(24)31)10-21(30)20-8-15(29)6-7-25(18,20)2/h14-24,29-33H,4-13H2,1-3H3/t14-,15-,16-,17-,18-,19+,20+,21-,22+,23-,24+,25+,26+,27-/m0/s1. The molecule has 0 aromatic carbocycles. The molecule has 0 bridgehead atoms. The van der Waals surface area contributed by atoms with Crippen molar-refractivity contribution in [2.75, 3.05) is 13.1 Å². The number of aliphatic hydroxyl groups excluding tert-OH is 3. The van der Waals surface area contributed by atoms with E-state index in [0.29, 0.717) is 31.1 Å². The molecule has 0 spiro atoms. The monoisotopic (exact) mass is 463 g/mol. The normalized spacial score (nSPS) is 63.1. The molecule has 0 radical (unpaired) electrons. The summed E-state index contributed by atoms with van der Waals surface area (Å²) >= 11 is 0. The van der Waals surface area contributed by atoms with E-state index in [1.165, 1.54) is 0 Å². The number of hydrogen-bond acceptors (Lipinski definition) is 6. The van der Waals surface area contributed by atoms with Crippen molar-refractivity contribution in [2.45, 2.75) is 108 Å². The minimum atomic E-state index is -0.986. The van der Waals surface area contributed by atoms with Crippen LogP contribution >= 0.6 is 0 Å². The highest BCUT2D eigenvalue weighted by molar-refractivity contribution is 5.21. The number of aliphatic hydroxyl groups is 5. The molecule has 6 aliphatic rings. The van der Waals surface area contributed by atoms with E-state index in [1.54, 1.807) is 0 Å². The van der Waals surface area contributed by atoms with E-state index in [2.05, 4.69) is 18.7 Å². The molecule has 188 valence electrons. The highest BCUT2D eigenvalue weighted by Crippen LogP contribution is 2.68. The summed E-state index contributed by atoms with van der Waals surface area (Å²) in [7, 11) is 0. The fourth-order valence-electron chi connectivity index (χ4n) is 10.7. The van der Waals surface area contributed by atoms with Gasteiger partial charge in [0.05, 0.1) is 29.5 Å². The number of nitrogens with zero attached hydrogens (tertiary/aromatic N) is 1. The largest absolute Gasteiger partial charge is 0.393 e. The van der Waals surface area contributed by atoms with Gasteiger partial charge < -0.3 is 25.5 Å². The van der Waals surface area contributed by atoms with Crippen LogP contribution in [0, 0.1) is 46.8 Å². The maximum absolute atomic E-state index is 12.3. The van der Waals surface area contributed by atoms with E-state index in [9.17, 15) is 25.5 Å². The van der Waals surface area contributed by atoms with Gasteiger partial charge in [-0.1, -0.05) is 13.8 Å². The van der Waals surface area contributed by atoms with Crippen molar-refractivity contribution in [3.05, 3.63) is 0 Å². The zero-order valence-corrected chi connectivity index (χ0v) is 20.6. The quantitative estimate of drug-likeness (QED) is 0.375. The Morgan fingerprint density at radius 3 is 2.30 bits per heavy atom. The lowest BCUT2D eigenvalue weighted by Crippen LogP contribution is -2.72. The Labute approximate surface area is 198 Å². The summed E-state index contributed by atoms with van der Waals surface area (Å²) in [6.07, 6.45) is 4.62. The van der Waals surface area contributed by atoms with Gasteiger partial charge in [0.1, 0.15) is 0 Å². The zero-order chi connectivity index (χ0) is 23.5. The highest BCUT2D eigenvalue weighted by Gasteiger charge is 2.71. The Morgan fingerprint density at radius 2 is 1.55 bits per heavy atom. The first-order valence-electron chi connectivity index (χ1n) is 13.7. The van der Waals surface area contributed by atoms with Crippen molar-refractivity contribution in [3.63, 3.8) is 0 Å². The second kappa shape index (κ2) is 7.39. The highest BCUT2D eigenvalue weighted by atomic mass is 16.3. The van der Waals surface area contributed by atoms with Gasteiger partial charge in [0.15, 0.2) is 0 Å². The van der Waals surface area contributed by atoms with Gasteiger partial charge in [0.25, 0.3) is 0 Å². The van der Waals surface area contributed by atoms with E-state index in [1.807, 2.05) is 6.92 Å². The Morgan fingerprint density at radius 1 is 0.788 bits per heavy atom. The summed E-state index contributed by atoms with van der Waals surface area (Å²) in [5, 5.41) is 57.1. The van der Waals surface area contributed by atoms with Crippen molar-refractivity contribution in [2.24, 2.45) is 46.8 Å². The van der Waals surface area contributed by atoms with Gasteiger partial charge >= 0.3 is 0 Å². The summed E-state index contributed by atoms with van der Waals surface area (Å²) in [6, 6.07) is 0.0861. The summed E-state index contributed by atoms with van der Waals surface area (Å²) in [5.74, 6) is 0.855. The van der Waals surface area contributed by atoms with Crippen molar-refractivity contribution in [1.29, 1.82) is 0 Å². The van der Waals surface area contributed by atoms with E-state index < -0.39 is 23.4 Å². The lowest BCUT2D eigenvalue weighted by molar-refractivity contribution is -0.242. The molecular formula is C27H45NO5. The number of fused-ring (bicyclic) bond motifs is 8. The first-order valence-corrected chi connectivity index (χ1v) is 13.7. The fourth-order valence-corrected chi connectivity index (χ4v) is 10.7. The van der Waals surface area contributed by atoms with Gasteiger partial charge in [-0.15, -0.1) is 0 Å². The van der Waals surface area contributed by atoms with Crippen LogP contribution in [0.15, 0.2) is 0 Å². The predicted octanol–water partition coefficient (Wildman–Crippen LogP) is 1.76. The molecule has 6 rings (SSSR count). The third-order valence-corrected chi connectivity index (χ3v) is 12.1. The summed E-state index contributed by atoms with van der Waals surface area (Å²) < 4.78 is 0. The summed E-state index contributed by atoms with van der Waals surface area (Å²) in [6.45, 7) is 8.34. The molecule has 2 heterocycles. The molecule has 33 heavy (non-hydrogen) atoms. The molecule has 6 fully saturated rings. The van der Waals surface area contributed by atoms with Crippen LogP contribution in [0.3, 0.4) is 0 Å². The second-order valence-electron chi connectivity index (χ2n) is 13.7. The lowest BCUT2D eigenvalue weighted by atomic mass is 9.50. The number of hydrogen-bond donors (Lipinski definition) is 5. The van der Waals surface area contributed by atoms with Gasteiger partial charge in [0, 0.05) is 31.5 Å². The number of rotatable bonds is 0. The SMILES string of the molecule is C[C@H]1CC[C@@H]2N(C1)C[C@@H]1[C@H]([C@H](O)C[C@@]3(O)[C@@H]4C[C@H](O)[C@H]5C[C@@H](O)CC[C@]5(C)[C@H]4C[C@@H]13)[C@]2(C)O. The molecule has 0 unspecified atom stereocenters. The van der Waals surface area contributed by atoms with Crippen LogP contribution in [0.5, 0.6) is 0 Å². The smallest absolute Gasteiger partial charge is 0.0830 e. The second-order valence-corrected chi connectivity index (χ2v) is 13.7. The van der Waals surface area contributed by atoms with Crippen molar-refractivity contribution >= 4 is 0 Å². The van der Waals surface area contributed by atoms with Crippen molar-refractivity contribution in [1.82, 2.24) is 4.90 Å². The molecule has 4 aliphatic carbocycles. The van der Waals surface area contributed by atoms with E-state index in [0.717, 1.165) is 45.2 Å². The maximum Gasteiger partial charge on any atom is 0.0830 e. The average Bonchev–Trinajstić information content (AvgIpc) is 3.01. The third kappa shape index (κ3) is 3.07. The van der Waals surface area contributed by atoms with E-state index >= 15 is 0 Å². The fraction of sp³-hybridized carbons (Fsp3) is 1.00. The summed E-state index contributed by atoms with van der Waals surface area (Å²) in [4.78, 5) is 2.46. The molecule has 5 N–H and O–H groups in total. The minimum absolute atomic E-state index is 0.0208. The molecular weight excluding hydrogens is 418 g/mol. The molecule has 2 aliphatic heterocycles. The van der Waals surface area contributed by atoms with Crippen LogP contribution in [0.25, 0.3) is 0 Å². The van der Waals surface area contributed by atoms with Crippen LogP contribution in [0.2, 0.25) is 0 Å². The van der Waals surface area contributed by atoms with Crippen LogP contribution in [-0.4, -0.2) is 79.1 Å². The topological polar surface area (TPSA) is 104 Å². The predicted molar refractivity (Wildman–Crippen MR) is 124 cm³/mol. The Kier molecular flexibility index (Phi) is 5.19. The van der Waals surface area contributed by atoms with Crippen LogP contribution in [-0.2, 0) is 0 Å². The van der Waals surface area contributed by atoms with Gasteiger partial charge in [-0.05, 0) is 92.8 Å². The first-order chi connectivity index (χ1) is 15.5. The third-order valence-electron chi connectivity index (χ3n) is 12.1. The number of piperidine rings is 2. The maximum atomic E-state index is 12.3. The zero-order valence-electron chi connectivity index (χ0n) is 20.6. The molecule has 6 heteroatoms. The first kappa shape index (κ1) is 23.2. The van der Waals surface area contributed by atoms with Crippen LogP contribution < -0.4 is 0 Å². The van der Waals surface area contributed by atoms with Gasteiger partial charge in [-0.25, -0.2) is 0 Å². The lowest BCUT2D eigenvalue weighted by Gasteiger charge is -2.62. The van der Waals surface area contributed by atoms with Crippen LogP contribution in [0.1, 0.15) is 72.1 Å². The van der Waals surface area contributed by atoms with Crippen molar-refractivity contribution < 1.29 is 25.5 Å². The molecule has 0 aromatic rings. The average molecular weight is 464 g/mol. The molecule has 14 atom stereocenters. The van der Waals surface area contributed by atoms with E-state index in [-0.39, 0.29) is 47.2 Å². The van der Waals surface area contributed by atoms with Gasteiger partial charge in [-0.3, -0.25) is 4.90 Å². The Hall–Kier alpha value is -0.240. The van der Waals surface area contributed by atoms with Gasteiger partial charge in [-0.2, -0.15) is 0 Å². The van der Waals surface area contributed by atoms with E-state index in [4.69, 9.17) is 0 Å². The minimum Gasteiger partial charge on any atom is -0.393 e. The van der Waals surface area contributed by atoms with Crippen molar-refractivity contribution in [3.8, 4) is 0 Å². The molecule has 0 aromatic heterocycles. The Balaban J connectivity index is 1.37. The van der Waals surface area contributed by atoms with Gasteiger partial charge in [0.2, 0.25) is 0 Å². The molecule has 2 saturated heterocycles. The molecule has 6 nitrogen and oxygen atoms in total. The molecule has 4 saturated carbocycles.